The van der Waals surface area contributed by atoms with E-state index >= 15 is 0 Å². The van der Waals surface area contributed by atoms with Crippen LogP contribution in [0.3, 0.4) is 0 Å². The smallest absolute Gasteiger partial charge is 0.308 e. The van der Waals surface area contributed by atoms with Crippen molar-refractivity contribution in [3.63, 3.8) is 0 Å². The predicted molar refractivity (Wildman–Crippen MR) is 224 cm³/mol. The van der Waals surface area contributed by atoms with Gasteiger partial charge in [0, 0.05) is 51.4 Å². The van der Waals surface area contributed by atoms with Crippen molar-refractivity contribution < 1.29 is 90.5 Å². The third-order valence-electron chi connectivity index (χ3n) is 10.1. The molecular formula is C45H72O19. The summed E-state index contributed by atoms with van der Waals surface area (Å²) in [6, 6.07) is 0. The Labute approximate surface area is 376 Å². The Hall–Kier alpha value is -4.36. The minimum Gasteiger partial charge on any atom is -0.463 e. The second kappa shape index (κ2) is 28.5. The van der Waals surface area contributed by atoms with E-state index in [1.165, 1.54) is 6.92 Å². The predicted octanol–water partition coefficient (Wildman–Crippen LogP) is 5.80. The Balaban J connectivity index is 3.04. The van der Waals surface area contributed by atoms with Crippen molar-refractivity contribution in [2.45, 2.75) is 219 Å². The van der Waals surface area contributed by atoms with Crippen LogP contribution in [0.5, 0.6) is 0 Å². The molecule has 19 heteroatoms. The minimum atomic E-state index is -2.43. The number of carbonyl (C=O) groups excluding carboxylic acids is 8. The van der Waals surface area contributed by atoms with Crippen molar-refractivity contribution in [2.24, 2.45) is 0 Å². The first kappa shape index (κ1) is 55.8. The number of hydrogen-bond acceptors (Lipinski definition) is 19. The van der Waals surface area contributed by atoms with Gasteiger partial charge in [0.2, 0.25) is 6.10 Å². The Morgan fingerprint density at radius 3 is 1.33 bits per heavy atom. The summed E-state index contributed by atoms with van der Waals surface area (Å²) in [5, 5.41) is 0. The summed E-state index contributed by atoms with van der Waals surface area (Å²) in [4.78, 5) is 106. The molecule has 0 unspecified atom stereocenters. The van der Waals surface area contributed by atoms with E-state index in [-0.39, 0.29) is 51.4 Å². The maximum absolute atomic E-state index is 13.6. The average molecular weight is 917 g/mol. The molecule has 0 amide bonds. The van der Waals surface area contributed by atoms with E-state index in [2.05, 4.69) is 0 Å². The molecule has 0 radical (unpaired) electrons. The van der Waals surface area contributed by atoms with Crippen LogP contribution in [0.2, 0.25) is 0 Å². The summed E-state index contributed by atoms with van der Waals surface area (Å²) >= 11 is 0. The van der Waals surface area contributed by atoms with Crippen molar-refractivity contribution in [1.82, 2.24) is 0 Å². The molecule has 0 aromatic heterocycles. The summed E-state index contributed by atoms with van der Waals surface area (Å²) in [5.74, 6) is -8.31. The lowest BCUT2D eigenvalue weighted by atomic mass is 9.89. The molecule has 0 aromatic rings. The van der Waals surface area contributed by atoms with Crippen LogP contribution in [-0.4, -0.2) is 122 Å². The van der Waals surface area contributed by atoms with E-state index in [9.17, 15) is 38.4 Å². The fourth-order valence-corrected chi connectivity index (χ4v) is 6.99. The zero-order valence-corrected chi connectivity index (χ0v) is 39.2. The molecular weight excluding hydrogens is 844 g/mol. The Morgan fingerprint density at radius 2 is 0.844 bits per heavy atom. The van der Waals surface area contributed by atoms with Crippen LogP contribution in [0.15, 0.2) is 0 Å². The van der Waals surface area contributed by atoms with Gasteiger partial charge < -0.3 is 52.1 Å². The van der Waals surface area contributed by atoms with Crippen LogP contribution in [0, 0.1) is 0 Å². The molecule has 2 heterocycles. The summed E-state index contributed by atoms with van der Waals surface area (Å²) in [6.07, 6.45) is -9.17. The molecule has 0 spiro atoms. The Kier molecular flexibility index (Phi) is 24.9. The van der Waals surface area contributed by atoms with Gasteiger partial charge in [0.25, 0.3) is 5.79 Å². The second-order valence-corrected chi connectivity index (χ2v) is 16.0. The molecule has 0 aliphatic carbocycles. The van der Waals surface area contributed by atoms with Crippen molar-refractivity contribution in [3.05, 3.63) is 0 Å². The van der Waals surface area contributed by atoms with Crippen LogP contribution >= 0.6 is 0 Å². The van der Waals surface area contributed by atoms with Gasteiger partial charge in [-0.05, 0) is 58.3 Å². The summed E-state index contributed by atoms with van der Waals surface area (Å²) < 4.78 is 66.6. The van der Waals surface area contributed by atoms with Crippen molar-refractivity contribution in [3.8, 4) is 0 Å². The number of hydrogen-bond donors (Lipinski definition) is 0. The lowest BCUT2D eigenvalue weighted by molar-refractivity contribution is -0.340. The highest BCUT2D eigenvalue weighted by atomic mass is 16.8. The van der Waals surface area contributed by atoms with E-state index in [4.69, 9.17) is 52.1 Å². The third-order valence-corrected chi connectivity index (χ3v) is 10.1. The largest absolute Gasteiger partial charge is 0.463 e. The van der Waals surface area contributed by atoms with Gasteiger partial charge in [0.05, 0.1) is 0 Å². The maximum Gasteiger partial charge on any atom is 0.308 e. The molecule has 2 saturated heterocycles. The highest BCUT2D eigenvalue weighted by molar-refractivity contribution is 5.73. The second-order valence-electron chi connectivity index (χ2n) is 16.0. The molecule has 366 valence electrons. The molecule has 2 aliphatic heterocycles. The van der Waals surface area contributed by atoms with Crippen LogP contribution in [0.25, 0.3) is 0 Å². The van der Waals surface area contributed by atoms with Gasteiger partial charge in [-0.15, -0.1) is 0 Å². The van der Waals surface area contributed by atoms with Crippen LogP contribution in [0.4, 0.5) is 0 Å². The number of esters is 8. The molecule has 0 bridgehead atoms. The maximum atomic E-state index is 13.6. The van der Waals surface area contributed by atoms with E-state index in [0.29, 0.717) is 51.4 Å². The molecule has 0 aromatic carbocycles. The normalized spacial score (nSPS) is 26.2. The van der Waals surface area contributed by atoms with Gasteiger partial charge in [0.1, 0.15) is 31.0 Å². The first-order valence-corrected chi connectivity index (χ1v) is 23.0. The van der Waals surface area contributed by atoms with Gasteiger partial charge in [-0.2, -0.15) is 0 Å². The number of ether oxygens (including phenoxy) is 11. The van der Waals surface area contributed by atoms with Crippen molar-refractivity contribution >= 4 is 47.8 Å². The standard InChI is InChI=1S/C45H72O19/c1-10-18-31(46)54-26-29-39(58-34(49)21-13-4)40(59-35(50)22-14-5)41(60-36(51)23-15-6)42(57-29)64-44(9)30(27-55-32(47)19-11-2)62-45(63-38(53)25-17-8,28-56-33(48)20-12-3)43(44)61-37(52)24-16-7/h29-30,39-43H,10-28H2,1-9H3/t29-,30-,39+,40+,41-,42+,43+,44+,45+/m1/s1. The van der Waals surface area contributed by atoms with E-state index in [1.54, 1.807) is 55.4 Å². The van der Waals surface area contributed by atoms with E-state index < -0.39 is 122 Å². The van der Waals surface area contributed by atoms with Gasteiger partial charge in [0.15, 0.2) is 31.2 Å². The molecule has 9 atom stereocenters. The topological polar surface area (TPSA) is 238 Å². The SMILES string of the molecule is CCCC(=O)OC[C@H]1O[C@@H](O[C@]2(C)[C@H](OC(=O)CCC)[C@](COC(=O)CCC)(OC(=O)CCC)O[C@@H]2COC(=O)CCC)[C@H](OC(=O)CCC)[C@@H](OC(=O)CCC)[C@H]1OC(=O)CCC. The fourth-order valence-electron chi connectivity index (χ4n) is 6.99. The molecule has 0 saturated carbocycles. The molecule has 0 N–H and O–H groups in total. The first-order valence-electron chi connectivity index (χ1n) is 23.0. The van der Waals surface area contributed by atoms with Gasteiger partial charge in [-0.1, -0.05) is 55.4 Å². The number of carbonyl (C=O) groups is 8. The lowest BCUT2D eigenvalue weighted by Gasteiger charge is -2.47. The van der Waals surface area contributed by atoms with Crippen LogP contribution < -0.4 is 0 Å². The molecule has 2 fully saturated rings. The summed E-state index contributed by atoms with van der Waals surface area (Å²) in [7, 11) is 0. The third kappa shape index (κ3) is 16.9. The zero-order chi connectivity index (χ0) is 47.9. The van der Waals surface area contributed by atoms with E-state index in [0.717, 1.165) is 0 Å². The molecule has 2 rings (SSSR count). The van der Waals surface area contributed by atoms with Gasteiger partial charge in [-0.3, -0.25) is 38.4 Å². The quantitative estimate of drug-likeness (QED) is 0.0636. The molecule has 64 heavy (non-hydrogen) atoms. The lowest BCUT2D eigenvalue weighted by Crippen LogP contribution is -2.66. The highest BCUT2D eigenvalue weighted by Crippen LogP contribution is 2.47. The highest BCUT2D eigenvalue weighted by Gasteiger charge is 2.70. The van der Waals surface area contributed by atoms with Crippen molar-refractivity contribution in [1.29, 1.82) is 0 Å². The van der Waals surface area contributed by atoms with Crippen LogP contribution in [0.1, 0.15) is 165 Å². The van der Waals surface area contributed by atoms with Gasteiger partial charge in [-0.25, -0.2) is 0 Å². The number of rotatable bonds is 29. The Morgan fingerprint density at radius 1 is 0.453 bits per heavy atom. The van der Waals surface area contributed by atoms with Crippen molar-refractivity contribution in [2.75, 3.05) is 19.8 Å². The van der Waals surface area contributed by atoms with Gasteiger partial charge >= 0.3 is 47.8 Å². The van der Waals surface area contributed by atoms with E-state index in [1.807, 2.05) is 0 Å². The summed E-state index contributed by atoms with van der Waals surface area (Å²) in [6.45, 7) is 13.3. The zero-order valence-electron chi connectivity index (χ0n) is 39.2. The fraction of sp³-hybridized carbons (Fsp3) is 0.822. The monoisotopic (exact) mass is 916 g/mol. The minimum absolute atomic E-state index is 0.00698. The average Bonchev–Trinajstić information content (AvgIpc) is 3.43. The Bertz CT molecular complexity index is 1530. The molecule has 19 nitrogen and oxygen atoms in total. The van der Waals surface area contributed by atoms with Crippen LogP contribution in [-0.2, 0) is 90.5 Å². The molecule has 2 aliphatic rings. The first-order chi connectivity index (χ1) is 30.5. The summed E-state index contributed by atoms with van der Waals surface area (Å²) in [5.41, 5.74) is -2.15.